The minimum atomic E-state index is -0.482. The average molecular weight is 339 g/mol. The van der Waals surface area contributed by atoms with E-state index in [0.29, 0.717) is 16.1 Å². The highest BCUT2D eigenvalue weighted by Crippen LogP contribution is 2.38. The number of non-ortho nitro benzene ring substituents is 1. The van der Waals surface area contributed by atoms with Crippen LogP contribution >= 0.6 is 11.3 Å². The van der Waals surface area contributed by atoms with Crippen molar-refractivity contribution in [3.63, 3.8) is 0 Å². The highest BCUT2D eigenvalue weighted by molar-refractivity contribution is 7.16. The third-order valence-electron chi connectivity index (χ3n) is 3.78. The molecule has 120 valence electrons. The highest BCUT2D eigenvalue weighted by Gasteiger charge is 2.22. The standard InChI is InChI=1S/C17H13N3O3S/c18-10-14-13-5-2-6-15(13)24-17(14)19-16(21)8-7-11-3-1-4-12(9-11)20(22)23/h1,3-4,7-9H,2,5-6H2,(H,19,21)/b8-7+. The number of anilines is 1. The highest BCUT2D eigenvalue weighted by atomic mass is 32.1. The molecule has 1 amide bonds. The van der Waals surface area contributed by atoms with Crippen molar-refractivity contribution in [3.8, 4) is 6.07 Å². The minimum absolute atomic E-state index is 0.0287. The molecule has 6 nitrogen and oxygen atoms in total. The lowest BCUT2D eigenvalue weighted by atomic mass is 10.1. The molecule has 1 N–H and O–H groups in total. The van der Waals surface area contributed by atoms with Gasteiger partial charge in [0.25, 0.3) is 5.69 Å². The molecule has 0 unspecified atom stereocenters. The molecular formula is C17H13N3O3S. The molecule has 24 heavy (non-hydrogen) atoms. The summed E-state index contributed by atoms with van der Waals surface area (Å²) in [7, 11) is 0. The SMILES string of the molecule is N#Cc1c(NC(=O)/C=C/c2cccc([N+](=O)[O-])c2)sc2c1CCC2. The smallest absolute Gasteiger partial charge is 0.270 e. The maximum atomic E-state index is 12.1. The lowest BCUT2D eigenvalue weighted by Gasteiger charge is -2.00. The molecule has 3 rings (SSSR count). The second-order valence-electron chi connectivity index (χ2n) is 5.35. The van der Waals surface area contributed by atoms with Crippen molar-refractivity contribution in [1.82, 2.24) is 0 Å². The van der Waals surface area contributed by atoms with Crippen molar-refractivity contribution in [1.29, 1.82) is 5.26 Å². The lowest BCUT2D eigenvalue weighted by Crippen LogP contribution is -2.07. The number of carbonyl (C=O) groups is 1. The molecule has 1 aliphatic carbocycles. The van der Waals surface area contributed by atoms with Gasteiger partial charge in [-0.15, -0.1) is 11.3 Å². The summed E-state index contributed by atoms with van der Waals surface area (Å²) in [6.45, 7) is 0. The fourth-order valence-corrected chi connectivity index (χ4v) is 3.92. The van der Waals surface area contributed by atoms with Crippen LogP contribution in [-0.4, -0.2) is 10.8 Å². The van der Waals surface area contributed by atoms with Gasteiger partial charge in [-0.3, -0.25) is 14.9 Å². The first-order chi connectivity index (χ1) is 11.6. The number of nitriles is 1. The molecule has 7 heteroatoms. The number of nitrogens with one attached hydrogen (secondary N) is 1. The molecule has 1 heterocycles. The van der Waals surface area contributed by atoms with Gasteiger partial charge in [0, 0.05) is 23.1 Å². The Bertz CT molecular complexity index is 893. The molecule has 1 aliphatic rings. The molecule has 0 spiro atoms. The summed E-state index contributed by atoms with van der Waals surface area (Å²) in [4.78, 5) is 23.5. The van der Waals surface area contributed by atoms with Crippen LogP contribution in [0.15, 0.2) is 30.3 Å². The molecule has 0 atom stereocenters. The van der Waals surface area contributed by atoms with E-state index < -0.39 is 4.92 Å². The Morgan fingerprint density at radius 1 is 1.42 bits per heavy atom. The van der Waals surface area contributed by atoms with Crippen molar-refractivity contribution in [2.45, 2.75) is 19.3 Å². The van der Waals surface area contributed by atoms with Gasteiger partial charge in [-0.1, -0.05) is 12.1 Å². The van der Waals surface area contributed by atoms with Gasteiger partial charge >= 0.3 is 0 Å². The predicted molar refractivity (Wildman–Crippen MR) is 91.8 cm³/mol. The van der Waals surface area contributed by atoms with Gasteiger partial charge in [-0.2, -0.15) is 5.26 Å². The number of aryl methyl sites for hydroxylation is 1. The maximum Gasteiger partial charge on any atom is 0.270 e. The van der Waals surface area contributed by atoms with E-state index in [1.54, 1.807) is 12.1 Å². The zero-order chi connectivity index (χ0) is 17.1. The van der Waals surface area contributed by atoms with E-state index in [9.17, 15) is 20.2 Å². The van der Waals surface area contributed by atoms with E-state index in [-0.39, 0.29) is 11.6 Å². The van der Waals surface area contributed by atoms with Crippen molar-refractivity contribution in [3.05, 3.63) is 62.0 Å². The fraction of sp³-hybridized carbons (Fsp3) is 0.176. The third-order valence-corrected chi connectivity index (χ3v) is 4.99. The number of nitro groups is 1. The Balaban J connectivity index is 1.74. The largest absolute Gasteiger partial charge is 0.313 e. The monoisotopic (exact) mass is 339 g/mol. The van der Waals surface area contributed by atoms with Crippen LogP contribution in [0.5, 0.6) is 0 Å². The Hall–Kier alpha value is -2.98. The number of hydrogen-bond acceptors (Lipinski definition) is 5. The summed E-state index contributed by atoms with van der Waals surface area (Å²) in [6, 6.07) is 8.20. The predicted octanol–water partition coefficient (Wildman–Crippen LogP) is 3.67. The molecular weight excluding hydrogens is 326 g/mol. The first-order valence-electron chi connectivity index (χ1n) is 7.36. The number of amides is 1. The molecule has 1 aromatic heterocycles. The second kappa shape index (κ2) is 6.64. The van der Waals surface area contributed by atoms with E-state index in [4.69, 9.17) is 0 Å². The van der Waals surface area contributed by atoms with Crippen LogP contribution in [0.25, 0.3) is 6.08 Å². The third kappa shape index (κ3) is 3.19. The number of benzene rings is 1. The van der Waals surface area contributed by atoms with E-state index in [2.05, 4.69) is 11.4 Å². The molecule has 0 saturated carbocycles. The Morgan fingerprint density at radius 3 is 3.00 bits per heavy atom. The second-order valence-corrected chi connectivity index (χ2v) is 6.45. The number of nitro benzene ring substituents is 1. The Morgan fingerprint density at radius 2 is 2.25 bits per heavy atom. The van der Waals surface area contributed by atoms with Crippen molar-refractivity contribution >= 4 is 34.0 Å². The van der Waals surface area contributed by atoms with Crippen LogP contribution in [0.2, 0.25) is 0 Å². The number of carbonyl (C=O) groups excluding carboxylic acids is 1. The van der Waals surface area contributed by atoms with Gasteiger partial charge < -0.3 is 5.32 Å². The van der Waals surface area contributed by atoms with E-state index >= 15 is 0 Å². The summed E-state index contributed by atoms with van der Waals surface area (Å²) in [5.41, 5.74) is 2.15. The number of nitrogens with zero attached hydrogens (tertiary/aromatic N) is 2. The number of rotatable bonds is 4. The Labute approximate surface area is 142 Å². The number of hydrogen-bond donors (Lipinski definition) is 1. The van der Waals surface area contributed by atoms with E-state index in [0.717, 1.165) is 24.8 Å². The quantitative estimate of drug-likeness (QED) is 0.522. The van der Waals surface area contributed by atoms with Crippen LogP contribution in [0, 0.1) is 21.4 Å². The van der Waals surface area contributed by atoms with Gasteiger partial charge in [-0.25, -0.2) is 0 Å². The first kappa shape index (κ1) is 15.9. The normalized spacial score (nSPS) is 12.8. The van der Waals surface area contributed by atoms with Crippen LogP contribution in [0.1, 0.15) is 28.0 Å². The van der Waals surface area contributed by atoms with Gasteiger partial charge in [0.1, 0.15) is 11.1 Å². The van der Waals surface area contributed by atoms with Crippen molar-refractivity contribution in [2.75, 3.05) is 5.32 Å². The number of fused-ring (bicyclic) bond motifs is 1. The van der Waals surface area contributed by atoms with Crippen LogP contribution in [0.4, 0.5) is 10.7 Å². The lowest BCUT2D eigenvalue weighted by molar-refractivity contribution is -0.384. The average Bonchev–Trinajstić information content (AvgIpc) is 3.13. The molecule has 0 saturated heterocycles. The molecule has 2 aromatic rings. The molecule has 0 fully saturated rings. The van der Waals surface area contributed by atoms with Crippen LogP contribution in [0.3, 0.4) is 0 Å². The van der Waals surface area contributed by atoms with Crippen molar-refractivity contribution in [2.24, 2.45) is 0 Å². The minimum Gasteiger partial charge on any atom is -0.313 e. The van der Waals surface area contributed by atoms with Gasteiger partial charge in [0.15, 0.2) is 0 Å². The molecule has 0 radical (unpaired) electrons. The van der Waals surface area contributed by atoms with Gasteiger partial charge in [0.2, 0.25) is 5.91 Å². The zero-order valence-corrected chi connectivity index (χ0v) is 13.4. The molecule has 0 aliphatic heterocycles. The summed E-state index contributed by atoms with van der Waals surface area (Å²) >= 11 is 1.45. The Kier molecular flexibility index (Phi) is 4.40. The van der Waals surface area contributed by atoms with Gasteiger partial charge in [-0.05, 0) is 36.5 Å². The van der Waals surface area contributed by atoms with Crippen molar-refractivity contribution < 1.29 is 9.72 Å². The topological polar surface area (TPSA) is 96.0 Å². The fourth-order valence-electron chi connectivity index (χ4n) is 2.68. The molecule has 1 aromatic carbocycles. The van der Waals surface area contributed by atoms with Crippen LogP contribution < -0.4 is 5.32 Å². The first-order valence-corrected chi connectivity index (χ1v) is 8.18. The molecule has 0 bridgehead atoms. The summed E-state index contributed by atoms with van der Waals surface area (Å²) in [5.74, 6) is -0.363. The number of thiophene rings is 1. The zero-order valence-electron chi connectivity index (χ0n) is 12.6. The summed E-state index contributed by atoms with van der Waals surface area (Å²) in [5, 5.41) is 23.4. The maximum absolute atomic E-state index is 12.1. The summed E-state index contributed by atoms with van der Waals surface area (Å²) < 4.78 is 0. The van der Waals surface area contributed by atoms with Crippen LogP contribution in [-0.2, 0) is 17.6 Å². The van der Waals surface area contributed by atoms with Gasteiger partial charge in [0.05, 0.1) is 10.5 Å². The van der Waals surface area contributed by atoms with E-state index in [1.165, 1.54) is 40.5 Å². The summed E-state index contributed by atoms with van der Waals surface area (Å²) in [6.07, 6.45) is 5.71. The van der Waals surface area contributed by atoms with E-state index in [1.807, 2.05) is 0 Å².